The second-order valence-corrected chi connectivity index (χ2v) is 5.85. The molecule has 1 spiro atoms. The van der Waals surface area contributed by atoms with Crippen molar-refractivity contribution in [3.05, 3.63) is 23.8 Å². The highest BCUT2D eigenvalue weighted by molar-refractivity contribution is 5.46. The van der Waals surface area contributed by atoms with Crippen LogP contribution in [0.3, 0.4) is 0 Å². The van der Waals surface area contributed by atoms with Gasteiger partial charge in [0, 0.05) is 31.7 Å². The van der Waals surface area contributed by atoms with Gasteiger partial charge in [-0.3, -0.25) is 0 Å². The lowest BCUT2D eigenvalue weighted by molar-refractivity contribution is -0.0141. The molecule has 1 saturated heterocycles. The fourth-order valence-electron chi connectivity index (χ4n) is 3.43. The molecule has 0 saturated carbocycles. The molecule has 1 aromatic carbocycles. The van der Waals surface area contributed by atoms with Gasteiger partial charge in [-0.05, 0) is 37.8 Å². The molecule has 3 rings (SSSR count). The second kappa shape index (κ2) is 5.62. The smallest absolute Gasteiger partial charge is 0.127 e. The minimum Gasteiger partial charge on any atom is -0.496 e. The first-order valence-corrected chi connectivity index (χ1v) is 7.54. The van der Waals surface area contributed by atoms with Crippen molar-refractivity contribution in [3.63, 3.8) is 0 Å². The summed E-state index contributed by atoms with van der Waals surface area (Å²) in [4.78, 5) is 2.44. The molecule has 4 nitrogen and oxygen atoms in total. The highest BCUT2D eigenvalue weighted by atomic mass is 16.5. The van der Waals surface area contributed by atoms with Gasteiger partial charge in [0.05, 0.1) is 7.11 Å². The molecule has 1 aromatic rings. The molecule has 0 radical (unpaired) electrons. The second-order valence-electron chi connectivity index (χ2n) is 5.85. The van der Waals surface area contributed by atoms with Gasteiger partial charge in [0.25, 0.3) is 0 Å². The van der Waals surface area contributed by atoms with Gasteiger partial charge in [0.15, 0.2) is 0 Å². The average molecular weight is 276 g/mol. The lowest BCUT2D eigenvalue weighted by atomic mass is 9.83. The highest BCUT2D eigenvalue weighted by Gasteiger charge is 2.39. The molecule has 2 heterocycles. The summed E-state index contributed by atoms with van der Waals surface area (Å²) in [5.41, 5.74) is 6.90. The number of fused-ring (bicyclic) bond motifs is 1. The molecule has 2 N–H and O–H groups in total. The van der Waals surface area contributed by atoms with Crippen LogP contribution in [-0.2, 0) is 6.42 Å². The van der Waals surface area contributed by atoms with E-state index in [2.05, 4.69) is 11.0 Å². The molecular formula is C16H24N2O2. The topological polar surface area (TPSA) is 47.7 Å². The zero-order chi connectivity index (χ0) is 14.0. The summed E-state index contributed by atoms with van der Waals surface area (Å²) in [6.07, 6.45) is 4.35. The summed E-state index contributed by atoms with van der Waals surface area (Å²) in [6, 6.07) is 6.11. The molecule has 1 fully saturated rings. The first-order valence-electron chi connectivity index (χ1n) is 7.54. The minimum absolute atomic E-state index is 0.0322. The summed E-state index contributed by atoms with van der Waals surface area (Å²) in [7, 11) is 1.73. The number of piperidine rings is 1. The van der Waals surface area contributed by atoms with E-state index in [1.807, 2.05) is 12.1 Å². The Morgan fingerprint density at radius 3 is 2.80 bits per heavy atom. The molecule has 0 aromatic heterocycles. The minimum atomic E-state index is 0.0322. The standard InChI is InChI=1S/C16H24N2O2/c1-19-14-3-2-4-15-13(14)5-6-16(20-15)7-10-18(11-8-16)12-9-17/h2-4H,5-12,17H2,1H3. The maximum atomic E-state index is 6.39. The van der Waals surface area contributed by atoms with Gasteiger partial charge in [0.2, 0.25) is 0 Å². The maximum absolute atomic E-state index is 6.39. The van der Waals surface area contributed by atoms with Gasteiger partial charge in [-0.15, -0.1) is 0 Å². The van der Waals surface area contributed by atoms with Crippen LogP contribution in [0.4, 0.5) is 0 Å². The first-order chi connectivity index (χ1) is 9.76. The van der Waals surface area contributed by atoms with Gasteiger partial charge in [-0.1, -0.05) is 6.07 Å². The normalized spacial score (nSPS) is 21.3. The predicted octanol–water partition coefficient (Wildman–Crippen LogP) is 1.81. The molecule has 4 heteroatoms. The van der Waals surface area contributed by atoms with Gasteiger partial charge in [0.1, 0.15) is 17.1 Å². The largest absolute Gasteiger partial charge is 0.496 e. The molecular weight excluding hydrogens is 252 g/mol. The van der Waals surface area contributed by atoms with E-state index in [1.165, 1.54) is 5.56 Å². The van der Waals surface area contributed by atoms with Gasteiger partial charge < -0.3 is 20.1 Å². The van der Waals surface area contributed by atoms with Crippen molar-refractivity contribution < 1.29 is 9.47 Å². The Balaban J connectivity index is 1.73. The number of nitrogens with zero attached hydrogens (tertiary/aromatic N) is 1. The fraction of sp³-hybridized carbons (Fsp3) is 0.625. The lowest BCUT2D eigenvalue weighted by Crippen LogP contribution is -2.50. The molecule has 2 aliphatic heterocycles. The third kappa shape index (κ3) is 2.50. The van der Waals surface area contributed by atoms with Crippen molar-refractivity contribution in [2.45, 2.75) is 31.3 Å². The molecule has 20 heavy (non-hydrogen) atoms. The van der Waals surface area contributed by atoms with Crippen molar-refractivity contribution >= 4 is 0 Å². The fourth-order valence-corrected chi connectivity index (χ4v) is 3.43. The van der Waals surface area contributed by atoms with Crippen LogP contribution in [0.5, 0.6) is 11.5 Å². The van der Waals surface area contributed by atoms with E-state index >= 15 is 0 Å². The van der Waals surface area contributed by atoms with Gasteiger partial charge >= 0.3 is 0 Å². The summed E-state index contributed by atoms with van der Waals surface area (Å²) < 4.78 is 11.8. The maximum Gasteiger partial charge on any atom is 0.127 e. The zero-order valence-electron chi connectivity index (χ0n) is 12.2. The third-order valence-corrected chi connectivity index (χ3v) is 4.68. The van der Waals surface area contributed by atoms with Crippen LogP contribution in [0.25, 0.3) is 0 Å². The third-order valence-electron chi connectivity index (χ3n) is 4.68. The van der Waals surface area contributed by atoms with Crippen LogP contribution in [0.1, 0.15) is 24.8 Å². The van der Waals surface area contributed by atoms with Crippen LogP contribution in [0, 0.1) is 0 Å². The Hall–Kier alpha value is -1.26. The Morgan fingerprint density at radius 2 is 2.10 bits per heavy atom. The van der Waals surface area contributed by atoms with E-state index in [1.54, 1.807) is 7.11 Å². The number of rotatable bonds is 3. The van der Waals surface area contributed by atoms with Crippen molar-refractivity contribution in [1.82, 2.24) is 4.90 Å². The monoisotopic (exact) mass is 276 g/mol. The Labute approximate surface area is 120 Å². The average Bonchev–Trinajstić information content (AvgIpc) is 2.49. The van der Waals surface area contributed by atoms with Crippen molar-refractivity contribution in [3.8, 4) is 11.5 Å². The molecule has 0 unspecified atom stereocenters. The lowest BCUT2D eigenvalue weighted by Gasteiger charge is -2.44. The molecule has 0 aliphatic carbocycles. The number of likely N-dealkylation sites (tertiary alicyclic amines) is 1. The SMILES string of the molecule is COc1cccc2c1CCC1(CCN(CCN)CC1)O2. The summed E-state index contributed by atoms with van der Waals surface area (Å²) in [6.45, 7) is 3.93. The van der Waals surface area contributed by atoms with E-state index in [0.29, 0.717) is 0 Å². The molecule has 0 amide bonds. The Bertz CT molecular complexity index is 468. The van der Waals surface area contributed by atoms with Crippen LogP contribution in [0.2, 0.25) is 0 Å². The molecule has 110 valence electrons. The van der Waals surface area contributed by atoms with Gasteiger partial charge in [-0.2, -0.15) is 0 Å². The van der Waals surface area contributed by atoms with Crippen LogP contribution in [0.15, 0.2) is 18.2 Å². The highest BCUT2D eigenvalue weighted by Crippen LogP contribution is 2.42. The van der Waals surface area contributed by atoms with E-state index in [4.69, 9.17) is 15.2 Å². The van der Waals surface area contributed by atoms with Crippen molar-refractivity contribution in [2.75, 3.05) is 33.3 Å². The van der Waals surface area contributed by atoms with E-state index in [0.717, 1.165) is 63.4 Å². The van der Waals surface area contributed by atoms with Crippen LogP contribution >= 0.6 is 0 Å². The number of methoxy groups -OCH3 is 1. The van der Waals surface area contributed by atoms with E-state index < -0.39 is 0 Å². The predicted molar refractivity (Wildman–Crippen MR) is 79.4 cm³/mol. The van der Waals surface area contributed by atoms with E-state index in [-0.39, 0.29) is 5.60 Å². The van der Waals surface area contributed by atoms with Crippen molar-refractivity contribution in [1.29, 1.82) is 0 Å². The number of ether oxygens (including phenoxy) is 2. The zero-order valence-corrected chi connectivity index (χ0v) is 12.2. The quantitative estimate of drug-likeness (QED) is 0.915. The number of hydrogen-bond acceptors (Lipinski definition) is 4. The molecule has 0 bridgehead atoms. The van der Waals surface area contributed by atoms with Crippen LogP contribution < -0.4 is 15.2 Å². The van der Waals surface area contributed by atoms with Crippen molar-refractivity contribution in [2.24, 2.45) is 5.73 Å². The Morgan fingerprint density at radius 1 is 1.30 bits per heavy atom. The Kier molecular flexibility index (Phi) is 3.85. The summed E-state index contributed by atoms with van der Waals surface area (Å²) >= 11 is 0. The van der Waals surface area contributed by atoms with Crippen LogP contribution in [-0.4, -0.2) is 43.8 Å². The first kappa shape index (κ1) is 13.7. The number of nitrogens with two attached hydrogens (primary N) is 1. The molecule has 0 atom stereocenters. The number of hydrogen-bond donors (Lipinski definition) is 1. The van der Waals surface area contributed by atoms with E-state index in [9.17, 15) is 0 Å². The molecule has 2 aliphatic rings. The van der Waals surface area contributed by atoms with Gasteiger partial charge in [-0.25, -0.2) is 0 Å². The summed E-state index contributed by atoms with van der Waals surface area (Å²) in [5, 5.41) is 0. The number of benzene rings is 1. The summed E-state index contributed by atoms with van der Waals surface area (Å²) in [5.74, 6) is 1.97.